The molecular weight excluding hydrogens is 401 g/mol. The van der Waals surface area contributed by atoms with E-state index in [4.69, 9.17) is 0 Å². The number of hydrogen-bond donors (Lipinski definition) is 1. The van der Waals surface area contributed by atoms with Crippen LogP contribution in [0.5, 0.6) is 0 Å². The summed E-state index contributed by atoms with van der Waals surface area (Å²) in [5.74, 6) is 0.149. The Kier molecular flexibility index (Phi) is 8.02. The maximum Gasteiger partial charge on any atom is 0.266 e. The van der Waals surface area contributed by atoms with E-state index in [1.165, 1.54) is 22.4 Å². The molecule has 158 valence electrons. The monoisotopic (exact) mass is 427 g/mol. The molecule has 0 saturated heterocycles. The predicted molar refractivity (Wildman–Crippen MR) is 120 cm³/mol. The highest BCUT2D eigenvalue weighted by Gasteiger charge is 2.15. The molecule has 0 aliphatic carbocycles. The van der Waals surface area contributed by atoms with Gasteiger partial charge in [0.2, 0.25) is 5.91 Å². The van der Waals surface area contributed by atoms with Crippen LogP contribution in [-0.4, -0.2) is 27.8 Å². The number of nitrogens with zero attached hydrogens (tertiary/aromatic N) is 2. The van der Waals surface area contributed by atoms with Crippen LogP contribution in [0, 0.1) is 5.82 Å². The van der Waals surface area contributed by atoms with Gasteiger partial charge in [-0.3, -0.25) is 14.2 Å². The molecule has 0 fully saturated rings. The van der Waals surface area contributed by atoms with E-state index in [9.17, 15) is 14.0 Å². The first kappa shape index (κ1) is 22.0. The number of fused-ring (bicyclic) bond motifs is 1. The van der Waals surface area contributed by atoms with E-state index in [2.05, 4.69) is 17.2 Å². The van der Waals surface area contributed by atoms with Crippen LogP contribution in [-0.2, 0) is 4.79 Å². The van der Waals surface area contributed by atoms with Gasteiger partial charge in [-0.1, -0.05) is 55.8 Å². The van der Waals surface area contributed by atoms with Gasteiger partial charge in [-0.15, -0.1) is 0 Å². The Labute approximate surface area is 179 Å². The quantitative estimate of drug-likeness (QED) is 0.289. The van der Waals surface area contributed by atoms with Gasteiger partial charge in [0.1, 0.15) is 5.82 Å². The number of halogens is 1. The maximum absolute atomic E-state index is 14.5. The molecule has 1 aromatic heterocycles. The molecular formula is C23H26FN3O2S. The minimum Gasteiger partial charge on any atom is -0.356 e. The van der Waals surface area contributed by atoms with Gasteiger partial charge in [0.05, 0.1) is 16.6 Å². The Morgan fingerprint density at radius 2 is 1.87 bits per heavy atom. The molecule has 3 rings (SSSR count). The van der Waals surface area contributed by atoms with Crippen LogP contribution in [0.2, 0.25) is 0 Å². The third-order valence-corrected chi connectivity index (χ3v) is 5.74. The molecule has 1 N–H and O–H groups in total. The SMILES string of the molecule is CCCCCNC(=O)CCCSc1nc2ccccc2c(=O)n1-c1ccccc1F. The molecule has 0 aliphatic rings. The second-order valence-electron chi connectivity index (χ2n) is 7.01. The zero-order valence-electron chi connectivity index (χ0n) is 17.1. The molecule has 0 spiro atoms. The highest BCUT2D eigenvalue weighted by atomic mass is 32.2. The molecule has 30 heavy (non-hydrogen) atoms. The fraction of sp³-hybridized carbons (Fsp3) is 0.348. The van der Waals surface area contributed by atoms with Crippen LogP contribution >= 0.6 is 11.8 Å². The fourth-order valence-electron chi connectivity index (χ4n) is 3.14. The summed E-state index contributed by atoms with van der Waals surface area (Å²) in [7, 11) is 0. The highest BCUT2D eigenvalue weighted by molar-refractivity contribution is 7.99. The molecule has 0 bridgehead atoms. The van der Waals surface area contributed by atoms with Crippen LogP contribution < -0.4 is 10.9 Å². The summed E-state index contributed by atoms with van der Waals surface area (Å²) in [5.41, 5.74) is 0.449. The number of thioether (sulfide) groups is 1. The summed E-state index contributed by atoms with van der Waals surface area (Å²) in [6, 6.07) is 13.2. The van der Waals surface area contributed by atoms with Crippen molar-refractivity contribution in [3.05, 3.63) is 64.7 Å². The zero-order chi connectivity index (χ0) is 21.3. The van der Waals surface area contributed by atoms with E-state index in [1.807, 2.05) is 6.07 Å². The average molecular weight is 428 g/mol. The number of rotatable bonds is 10. The average Bonchev–Trinajstić information content (AvgIpc) is 2.75. The maximum atomic E-state index is 14.5. The van der Waals surface area contributed by atoms with E-state index in [0.29, 0.717) is 41.2 Å². The van der Waals surface area contributed by atoms with Crippen molar-refractivity contribution >= 4 is 28.6 Å². The number of carbonyl (C=O) groups excluding carboxylic acids is 1. The van der Waals surface area contributed by atoms with Gasteiger partial charge in [-0.25, -0.2) is 9.37 Å². The minimum atomic E-state index is -0.481. The fourth-order valence-corrected chi connectivity index (χ4v) is 4.09. The van der Waals surface area contributed by atoms with Crippen molar-refractivity contribution in [3.8, 4) is 5.69 Å². The molecule has 0 saturated carbocycles. The third-order valence-electron chi connectivity index (χ3n) is 4.72. The standard InChI is InChI=1S/C23H26FN3O2S/c1-2-3-8-15-25-21(28)14-9-16-30-23-26-19-12-6-4-10-17(19)22(29)27(23)20-13-7-5-11-18(20)24/h4-7,10-13H,2-3,8-9,14-16H2,1H3,(H,25,28). The Morgan fingerprint density at radius 3 is 2.67 bits per heavy atom. The van der Waals surface area contributed by atoms with Crippen molar-refractivity contribution in [1.29, 1.82) is 0 Å². The minimum absolute atomic E-state index is 0.0321. The number of unbranched alkanes of at least 4 members (excludes halogenated alkanes) is 2. The summed E-state index contributed by atoms with van der Waals surface area (Å²) in [5, 5.41) is 3.79. The smallest absolute Gasteiger partial charge is 0.266 e. The number of carbonyl (C=O) groups is 1. The number of para-hydroxylation sites is 2. The van der Waals surface area contributed by atoms with Crippen LogP contribution in [0.3, 0.4) is 0 Å². The summed E-state index contributed by atoms with van der Waals surface area (Å²) in [6.45, 7) is 2.83. The number of hydrogen-bond acceptors (Lipinski definition) is 4. The van der Waals surface area contributed by atoms with Crippen molar-refractivity contribution in [2.24, 2.45) is 0 Å². The second kappa shape index (κ2) is 10.9. The number of amides is 1. The van der Waals surface area contributed by atoms with Crippen LogP contribution in [0.15, 0.2) is 58.5 Å². The van der Waals surface area contributed by atoms with Gasteiger partial charge < -0.3 is 5.32 Å². The van der Waals surface area contributed by atoms with Crippen molar-refractivity contribution in [2.45, 2.75) is 44.2 Å². The molecule has 0 radical (unpaired) electrons. The largest absolute Gasteiger partial charge is 0.356 e. The van der Waals surface area contributed by atoms with Crippen LogP contribution in [0.1, 0.15) is 39.0 Å². The van der Waals surface area contributed by atoms with Crippen molar-refractivity contribution in [3.63, 3.8) is 0 Å². The van der Waals surface area contributed by atoms with Gasteiger partial charge in [0.25, 0.3) is 5.56 Å². The summed E-state index contributed by atoms with van der Waals surface area (Å²) in [4.78, 5) is 29.6. The number of benzene rings is 2. The molecule has 1 heterocycles. The summed E-state index contributed by atoms with van der Waals surface area (Å²) < 4.78 is 15.8. The molecule has 2 aromatic carbocycles. The number of nitrogens with one attached hydrogen (secondary N) is 1. The Bertz CT molecular complexity index is 1070. The van der Waals surface area contributed by atoms with E-state index < -0.39 is 5.82 Å². The molecule has 0 atom stereocenters. The lowest BCUT2D eigenvalue weighted by Crippen LogP contribution is -2.24. The zero-order valence-corrected chi connectivity index (χ0v) is 17.9. The molecule has 7 heteroatoms. The van der Waals surface area contributed by atoms with E-state index in [-0.39, 0.29) is 17.2 Å². The van der Waals surface area contributed by atoms with Crippen molar-refractivity contribution in [2.75, 3.05) is 12.3 Å². The highest BCUT2D eigenvalue weighted by Crippen LogP contribution is 2.23. The van der Waals surface area contributed by atoms with Crippen LogP contribution in [0.4, 0.5) is 4.39 Å². The summed E-state index contributed by atoms with van der Waals surface area (Å²) in [6.07, 6.45) is 4.28. The Hall–Kier alpha value is -2.67. The lowest BCUT2D eigenvalue weighted by atomic mass is 10.2. The Morgan fingerprint density at radius 1 is 1.10 bits per heavy atom. The Balaban J connectivity index is 1.75. The van der Waals surface area contributed by atoms with Gasteiger partial charge >= 0.3 is 0 Å². The second-order valence-corrected chi connectivity index (χ2v) is 8.07. The van der Waals surface area contributed by atoms with Gasteiger partial charge in [-0.05, 0) is 37.1 Å². The first-order chi connectivity index (χ1) is 14.6. The molecule has 0 unspecified atom stereocenters. The molecule has 5 nitrogen and oxygen atoms in total. The van der Waals surface area contributed by atoms with E-state index >= 15 is 0 Å². The molecule has 0 aliphatic heterocycles. The third kappa shape index (κ3) is 5.48. The van der Waals surface area contributed by atoms with Crippen LogP contribution in [0.25, 0.3) is 16.6 Å². The normalized spacial score (nSPS) is 11.0. The first-order valence-electron chi connectivity index (χ1n) is 10.3. The van der Waals surface area contributed by atoms with Gasteiger partial charge in [0.15, 0.2) is 5.16 Å². The van der Waals surface area contributed by atoms with E-state index in [1.54, 1.807) is 36.4 Å². The van der Waals surface area contributed by atoms with E-state index in [0.717, 1.165) is 19.3 Å². The van der Waals surface area contributed by atoms with Crippen molar-refractivity contribution < 1.29 is 9.18 Å². The molecule has 3 aromatic rings. The van der Waals surface area contributed by atoms with Crippen molar-refractivity contribution in [1.82, 2.24) is 14.9 Å². The predicted octanol–water partition coefficient (Wildman–Crippen LogP) is 4.70. The number of aromatic nitrogens is 2. The van der Waals surface area contributed by atoms with Gasteiger partial charge in [-0.2, -0.15) is 0 Å². The van der Waals surface area contributed by atoms with Gasteiger partial charge in [0, 0.05) is 18.7 Å². The topological polar surface area (TPSA) is 64.0 Å². The molecule has 1 amide bonds. The lowest BCUT2D eigenvalue weighted by molar-refractivity contribution is -0.121. The lowest BCUT2D eigenvalue weighted by Gasteiger charge is -2.13. The first-order valence-corrected chi connectivity index (χ1v) is 11.3. The summed E-state index contributed by atoms with van der Waals surface area (Å²) >= 11 is 1.36.